The zero-order valence-corrected chi connectivity index (χ0v) is 6.76. The van der Waals surface area contributed by atoms with Crippen molar-refractivity contribution in [1.29, 1.82) is 0 Å². The monoisotopic (exact) mass is 142 g/mol. The van der Waals surface area contributed by atoms with Crippen LogP contribution in [0.3, 0.4) is 0 Å². The van der Waals surface area contributed by atoms with Crippen LogP contribution in [0, 0.1) is 5.92 Å². The van der Waals surface area contributed by atoms with Gasteiger partial charge in [0, 0.05) is 5.92 Å². The molecule has 0 amide bonds. The highest BCUT2D eigenvalue weighted by molar-refractivity contribution is 5.87. The van der Waals surface area contributed by atoms with E-state index >= 15 is 0 Å². The van der Waals surface area contributed by atoms with Gasteiger partial charge in [-0.3, -0.25) is 4.79 Å². The Morgan fingerprint density at radius 2 is 2.10 bits per heavy atom. The van der Waals surface area contributed by atoms with Gasteiger partial charge in [-0.25, -0.2) is 0 Å². The Morgan fingerprint density at radius 1 is 1.50 bits per heavy atom. The SMILES string of the molecule is CC[C@H]1O[C@@H](C)[C@@H](C)C1=O. The molecule has 1 heterocycles. The molecular weight excluding hydrogens is 128 g/mol. The first-order valence-corrected chi connectivity index (χ1v) is 3.86. The third-order valence-corrected chi connectivity index (χ3v) is 2.22. The van der Waals surface area contributed by atoms with Crippen LogP contribution in [0.4, 0.5) is 0 Å². The van der Waals surface area contributed by atoms with Crippen molar-refractivity contribution >= 4 is 5.78 Å². The van der Waals surface area contributed by atoms with Gasteiger partial charge in [0.1, 0.15) is 6.10 Å². The van der Waals surface area contributed by atoms with Crippen molar-refractivity contribution in [3.05, 3.63) is 0 Å². The van der Waals surface area contributed by atoms with E-state index in [1.54, 1.807) is 0 Å². The van der Waals surface area contributed by atoms with E-state index < -0.39 is 0 Å². The Kier molecular flexibility index (Phi) is 2.09. The predicted molar refractivity (Wildman–Crippen MR) is 38.8 cm³/mol. The fraction of sp³-hybridized carbons (Fsp3) is 0.875. The molecule has 0 N–H and O–H groups in total. The summed E-state index contributed by atoms with van der Waals surface area (Å²) in [7, 11) is 0. The fourth-order valence-corrected chi connectivity index (χ4v) is 1.27. The molecule has 0 radical (unpaired) electrons. The lowest BCUT2D eigenvalue weighted by Crippen LogP contribution is -2.17. The van der Waals surface area contributed by atoms with Crippen molar-refractivity contribution in [1.82, 2.24) is 0 Å². The molecule has 2 nitrogen and oxygen atoms in total. The van der Waals surface area contributed by atoms with Crippen LogP contribution in [0.1, 0.15) is 27.2 Å². The lowest BCUT2D eigenvalue weighted by atomic mass is 10.0. The maximum absolute atomic E-state index is 11.2. The van der Waals surface area contributed by atoms with Gasteiger partial charge in [0.2, 0.25) is 0 Å². The summed E-state index contributed by atoms with van der Waals surface area (Å²) in [6.45, 7) is 5.87. The summed E-state index contributed by atoms with van der Waals surface area (Å²) in [6.07, 6.45) is 0.815. The van der Waals surface area contributed by atoms with Gasteiger partial charge >= 0.3 is 0 Å². The fourth-order valence-electron chi connectivity index (χ4n) is 1.27. The number of rotatable bonds is 1. The van der Waals surface area contributed by atoms with Crippen LogP contribution in [0.15, 0.2) is 0 Å². The highest BCUT2D eigenvalue weighted by Crippen LogP contribution is 2.23. The first kappa shape index (κ1) is 7.73. The topological polar surface area (TPSA) is 26.3 Å². The number of hydrogen-bond donors (Lipinski definition) is 0. The zero-order valence-electron chi connectivity index (χ0n) is 6.76. The molecular formula is C8H14O2. The molecule has 0 unspecified atom stereocenters. The molecule has 0 aromatic heterocycles. The smallest absolute Gasteiger partial charge is 0.166 e. The Balaban J connectivity index is 2.62. The van der Waals surface area contributed by atoms with Crippen LogP contribution in [0.25, 0.3) is 0 Å². The molecule has 10 heavy (non-hydrogen) atoms. The van der Waals surface area contributed by atoms with Gasteiger partial charge in [-0.1, -0.05) is 13.8 Å². The minimum Gasteiger partial charge on any atom is -0.367 e. The molecule has 58 valence electrons. The Hall–Kier alpha value is -0.370. The first-order valence-electron chi connectivity index (χ1n) is 3.86. The molecule has 1 saturated heterocycles. The molecule has 1 aliphatic rings. The molecule has 0 saturated carbocycles. The normalized spacial score (nSPS) is 40.7. The van der Waals surface area contributed by atoms with E-state index in [4.69, 9.17) is 4.74 Å². The molecule has 1 fully saturated rings. The van der Waals surface area contributed by atoms with E-state index in [1.807, 2.05) is 20.8 Å². The van der Waals surface area contributed by atoms with Gasteiger partial charge in [-0.15, -0.1) is 0 Å². The van der Waals surface area contributed by atoms with Crippen LogP contribution in [-0.2, 0) is 9.53 Å². The van der Waals surface area contributed by atoms with Crippen LogP contribution in [0.5, 0.6) is 0 Å². The molecule has 2 heteroatoms. The van der Waals surface area contributed by atoms with Gasteiger partial charge in [-0.05, 0) is 13.3 Å². The van der Waals surface area contributed by atoms with Crippen molar-refractivity contribution in [2.24, 2.45) is 5.92 Å². The molecule has 1 rings (SSSR count). The predicted octanol–water partition coefficient (Wildman–Crippen LogP) is 1.39. The van der Waals surface area contributed by atoms with E-state index in [0.717, 1.165) is 6.42 Å². The van der Waals surface area contributed by atoms with E-state index in [0.29, 0.717) is 0 Å². The minimum absolute atomic E-state index is 0.102. The Bertz CT molecular complexity index is 142. The van der Waals surface area contributed by atoms with Crippen molar-refractivity contribution in [2.45, 2.75) is 39.4 Å². The zero-order chi connectivity index (χ0) is 7.72. The van der Waals surface area contributed by atoms with Gasteiger partial charge in [-0.2, -0.15) is 0 Å². The van der Waals surface area contributed by atoms with Crippen LogP contribution >= 0.6 is 0 Å². The third kappa shape index (κ3) is 1.08. The van der Waals surface area contributed by atoms with E-state index in [9.17, 15) is 4.79 Å². The van der Waals surface area contributed by atoms with Gasteiger partial charge in [0.05, 0.1) is 6.10 Å². The second-order valence-corrected chi connectivity index (χ2v) is 2.93. The molecule has 1 aliphatic heterocycles. The molecule has 3 atom stereocenters. The summed E-state index contributed by atoms with van der Waals surface area (Å²) in [5.41, 5.74) is 0. The lowest BCUT2D eigenvalue weighted by molar-refractivity contribution is -0.124. The standard InChI is InChI=1S/C8H14O2/c1-4-7-8(9)5(2)6(3)10-7/h5-7H,4H2,1-3H3/t5-,6+,7-/m1/s1. The quantitative estimate of drug-likeness (QED) is 0.553. The Morgan fingerprint density at radius 3 is 2.30 bits per heavy atom. The largest absolute Gasteiger partial charge is 0.367 e. The van der Waals surface area contributed by atoms with Crippen LogP contribution < -0.4 is 0 Å². The molecule has 0 spiro atoms. The van der Waals surface area contributed by atoms with E-state index in [1.165, 1.54) is 0 Å². The number of carbonyl (C=O) groups is 1. The minimum atomic E-state index is -0.120. The van der Waals surface area contributed by atoms with Gasteiger partial charge in [0.25, 0.3) is 0 Å². The highest BCUT2D eigenvalue weighted by atomic mass is 16.5. The second-order valence-electron chi connectivity index (χ2n) is 2.93. The number of ether oxygens (including phenoxy) is 1. The van der Waals surface area contributed by atoms with Crippen LogP contribution in [-0.4, -0.2) is 18.0 Å². The summed E-state index contributed by atoms with van der Waals surface area (Å²) in [5.74, 6) is 0.375. The maximum Gasteiger partial charge on any atom is 0.166 e. The average Bonchev–Trinajstić information content (AvgIpc) is 2.17. The van der Waals surface area contributed by atoms with Gasteiger partial charge < -0.3 is 4.74 Å². The van der Waals surface area contributed by atoms with Crippen molar-refractivity contribution in [3.8, 4) is 0 Å². The molecule has 0 aromatic rings. The van der Waals surface area contributed by atoms with Crippen molar-refractivity contribution < 1.29 is 9.53 Å². The third-order valence-electron chi connectivity index (χ3n) is 2.22. The number of ketones is 1. The highest BCUT2D eigenvalue weighted by Gasteiger charge is 2.36. The van der Waals surface area contributed by atoms with E-state index in [-0.39, 0.29) is 23.9 Å². The summed E-state index contributed by atoms with van der Waals surface area (Å²) in [5, 5.41) is 0. The molecule has 0 aliphatic carbocycles. The van der Waals surface area contributed by atoms with Crippen molar-refractivity contribution in [2.75, 3.05) is 0 Å². The lowest BCUT2D eigenvalue weighted by Gasteiger charge is -2.05. The number of hydrogen-bond acceptors (Lipinski definition) is 2. The van der Waals surface area contributed by atoms with Crippen LogP contribution in [0.2, 0.25) is 0 Å². The summed E-state index contributed by atoms with van der Waals surface area (Å²) in [6, 6.07) is 0. The number of carbonyl (C=O) groups excluding carboxylic acids is 1. The first-order chi connectivity index (χ1) is 4.66. The molecule has 0 aromatic carbocycles. The summed E-state index contributed by atoms with van der Waals surface area (Å²) < 4.78 is 5.39. The summed E-state index contributed by atoms with van der Waals surface area (Å²) in [4.78, 5) is 11.2. The summed E-state index contributed by atoms with van der Waals surface area (Å²) >= 11 is 0. The second kappa shape index (κ2) is 2.70. The van der Waals surface area contributed by atoms with Gasteiger partial charge in [0.15, 0.2) is 5.78 Å². The van der Waals surface area contributed by atoms with E-state index in [2.05, 4.69) is 0 Å². The average molecular weight is 142 g/mol. The number of Topliss-reactive ketones (excluding diaryl/α,β-unsaturated/α-hetero) is 1. The Labute approximate surface area is 61.6 Å². The maximum atomic E-state index is 11.2. The van der Waals surface area contributed by atoms with Crippen molar-refractivity contribution in [3.63, 3.8) is 0 Å². The molecule has 0 bridgehead atoms.